The van der Waals surface area contributed by atoms with Crippen LogP contribution in [0.25, 0.3) is 0 Å². The predicted octanol–water partition coefficient (Wildman–Crippen LogP) is 2.73. The number of rotatable bonds is 4. The van der Waals surface area contributed by atoms with Crippen molar-refractivity contribution in [2.45, 2.75) is 25.7 Å². The molecule has 4 rings (SSSR count). The standard InChI is InChI=1S/C19H18N4O2/c24-18(12-5-6-12)23-17-9-13(7-8-21-17)19(25)22-16-11-20-10-14-3-1-2-4-15(14)16/h5-12H,1-4H2,(H,22,25)(H,21,23,24). The zero-order valence-corrected chi connectivity index (χ0v) is 13.7. The van der Waals surface area contributed by atoms with Crippen LogP contribution in [0, 0.1) is 5.92 Å². The molecule has 0 radical (unpaired) electrons. The van der Waals surface area contributed by atoms with Crippen molar-refractivity contribution < 1.29 is 9.59 Å². The maximum absolute atomic E-state index is 12.6. The fourth-order valence-corrected chi connectivity index (χ4v) is 3.04. The lowest BCUT2D eigenvalue weighted by molar-refractivity contribution is -0.116. The van der Waals surface area contributed by atoms with Crippen molar-refractivity contribution >= 4 is 23.3 Å². The number of nitrogens with zero attached hydrogens (tertiary/aromatic N) is 2. The molecule has 0 aliphatic heterocycles. The molecule has 2 heterocycles. The number of carbonyl (C=O) groups is 2. The second-order valence-corrected chi connectivity index (χ2v) is 6.32. The second-order valence-electron chi connectivity index (χ2n) is 6.32. The molecule has 2 aromatic rings. The zero-order chi connectivity index (χ0) is 17.2. The van der Waals surface area contributed by atoms with Gasteiger partial charge in [-0.1, -0.05) is 12.2 Å². The third kappa shape index (κ3) is 3.42. The van der Waals surface area contributed by atoms with E-state index in [1.165, 1.54) is 17.3 Å². The van der Waals surface area contributed by atoms with Gasteiger partial charge in [-0.2, -0.15) is 0 Å². The fraction of sp³-hybridized carbons (Fsp3) is 0.263. The minimum absolute atomic E-state index is 0.133. The van der Waals surface area contributed by atoms with E-state index in [0.717, 1.165) is 31.4 Å². The van der Waals surface area contributed by atoms with E-state index in [2.05, 4.69) is 20.6 Å². The van der Waals surface area contributed by atoms with E-state index >= 15 is 0 Å². The Balaban J connectivity index is 1.50. The van der Waals surface area contributed by atoms with Gasteiger partial charge < -0.3 is 10.6 Å². The van der Waals surface area contributed by atoms with Gasteiger partial charge in [-0.25, -0.2) is 4.98 Å². The first-order valence-corrected chi connectivity index (χ1v) is 8.43. The maximum Gasteiger partial charge on any atom is 0.255 e. The Labute approximate surface area is 145 Å². The van der Waals surface area contributed by atoms with Gasteiger partial charge in [-0.3, -0.25) is 14.6 Å². The highest BCUT2D eigenvalue weighted by molar-refractivity contribution is 6.05. The van der Waals surface area contributed by atoms with Crippen LogP contribution in [0.4, 0.5) is 11.5 Å². The minimum atomic E-state index is -0.233. The average molecular weight is 334 g/mol. The number of aromatic nitrogens is 2. The first kappa shape index (κ1) is 15.5. The number of carbonyl (C=O) groups excluding carboxylic acids is 2. The lowest BCUT2D eigenvalue weighted by Crippen LogP contribution is -2.18. The molecule has 2 aliphatic carbocycles. The lowest BCUT2D eigenvalue weighted by Gasteiger charge is -2.19. The van der Waals surface area contributed by atoms with E-state index in [4.69, 9.17) is 0 Å². The van der Waals surface area contributed by atoms with Crippen LogP contribution >= 0.6 is 0 Å². The number of amides is 2. The quantitative estimate of drug-likeness (QED) is 0.842. The van der Waals surface area contributed by atoms with Gasteiger partial charge in [0.25, 0.3) is 5.91 Å². The summed E-state index contributed by atoms with van der Waals surface area (Å²) < 4.78 is 0. The Bertz CT molecular complexity index is 869. The van der Waals surface area contributed by atoms with E-state index in [1.54, 1.807) is 30.5 Å². The van der Waals surface area contributed by atoms with E-state index in [-0.39, 0.29) is 17.7 Å². The molecule has 25 heavy (non-hydrogen) atoms. The lowest BCUT2D eigenvalue weighted by atomic mass is 9.92. The highest BCUT2D eigenvalue weighted by atomic mass is 16.2. The number of aryl methyl sites for hydroxylation is 1. The molecule has 126 valence electrons. The smallest absolute Gasteiger partial charge is 0.255 e. The molecule has 6 heteroatoms. The molecule has 2 aromatic heterocycles. The van der Waals surface area contributed by atoms with E-state index in [9.17, 15) is 9.59 Å². The van der Waals surface area contributed by atoms with Crippen LogP contribution < -0.4 is 10.6 Å². The van der Waals surface area contributed by atoms with Gasteiger partial charge in [0, 0.05) is 18.0 Å². The average Bonchev–Trinajstić information content (AvgIpc) is 3.47. The molecule has 0 saturated heterocycles. The fourth-order valence-electron chi connectivity index (χ4n) is 3.04. The summed E-state index contributed by atoms with van der Waals surface area (Å²) >= 11 is 0. The molecule has 0 bridgehead atoms. The van der Waals surface area contributed by atoms with Crippen LogP contribution in [0.3, 0.4) is 0 Å². The van der Waals surface area contributed by atoms with Gasteiger partial charge in [0.15, 0.2) is 0 Å². The van der Waals surface area contributed by atoms with E-state index in [0.29, 0.717) is 11.4 Å². The Morgan fingerprint density at radius 2 is 1.92 bits per heavy atom. The van der Waals surface area contributed by atoms with Crippen molar-refractivity contribution in [2.24, 2.45) is 5.92 Å². The maximum atomic E-state index is 12.6. The minimum Gasteiger partial charge on any atom is -0.320 e. The topological polar surface area (TPSA) is 84.0 Å². The molecular formula is C19H18N4O2. The molecule has 0 aromatic carbocycles. The van der Waals surface area contributed by atoms with Gasteiger partial charge in [-0.15, -0.1) is 0 Å². The van der Waals surface area contributed by atoms with Gasteiger partial charge in [0.05, 0.1) is 17.8 Å². The summed E-state index contributed by atoms with van der Waals surface area (Å²) in [7, 11) is 0. The third-order valence-electron chi connectivity index (χ3n) is 4.48. The van der Waals surface area contributed by atoms with Gasteiger partial charge in [0.1, 0.15) is 5.82 Å². The molecule has 2 amide bonds. The summed E-state index contributed by atoms with van der Waals surface area (Å²) in [5.74, 6) is -0.143. The van der Waals surface area contributed by atoms with Crippen LogP contribution in [0.1, 0.15) is 34.3 Å². The van der Waals surface area contributed by atoms with Crippen molar-refractivity contribution in [3.63, 3.8) is 0 Å². The van der Waals surface area contributed by atoms with Crippen LogP contribution in [-0.4, -0.2) is 21.8 Å². The molecule has 0 atom stereocenters. The Kier molecular flexibility index (Phi) is 4.01. The molecule has 0 saturated carbocycles. The number of anilines is 2. The third-order valence-corrected chi connectivity index (χ3v) is 4.48. The van der Waals surface area contributed by atoms with Gasteiger partial charge in [0.2, 0.25) is 5.91 Å². The number of hydrogen-bond donors (Lipinski definition) is 2. The molecular weight excluding hydrogens is 316 g/mol. The Morgan fingerprint density at radius 1 is 1.08 bits per heavy atom. The highest BCUT2D eigenvalue weighted by Gasteiger charge is 2.21. The van der Waals surface area contributed by atoms with Gasteiger partial charge in [-0.05, 0) is 48.9 Å². The molecule has 0 fully saturated rings. The molecule has 6 nitrogen and oxygen atoms in total. The second kappa shape index (κ2) is 6.47. The Hall–Kier alpha value is -3.02. The number of fused-ring (bicyclic) bond motifs is 1. The number of pyridine rings is 2. The summed E-state index contributed by atoms with van der Waals surface area (Å²) in [4.78, 5) is 32.7. The highest BCUT2D eigenvalue weighted by Crippen LogP contribution is 2.27. The van der Waals surface area contributed by atoms with Crippen LogP contribution in [0.15, 0.2) is 42.9 Å². The monoisotopic (exact) mass is 334 g/mol. The van der Waals surface area contributed by atoms with Gasteiger partial charge >= 0.3 is 0 Å². The van der Waals surface area contributed by atoms with Crippen molar-refractivity contribution in [3.05, 3.63) is 59.6 Å². The van der Waals surface area contributed by atoms with Crippen molar-refractivity contribution in [2.75, 3.05) is 10.6 Å². The largest absolute Gasteiger partial charge is 0.320 e. The Morgan fingerprint density at radius 3 is 2.76 bits per heavy atom. The molecule has 2 N–H and O–H groups in total. The zero-order valence-electron chi connectivity index (χ0n) is 13.7. The van der Waals surface area contributed by atoms with Crippen molar-refractivity contribution in [1.29, 1.82) is 0 Å². The summed E-state index contributed by atoms with van der Waals surface area (Å²) in [6.07, 6.45) is 13.0. The molecule has 2 aliphatic rings. The SMILES string of the molecule is O=C(Nc1cncc2c1CCCC2)c1ccnc(NC(=O)C2C=C2)c1. The van der Waals surface area contributed by atoms with E-state index < -0.39 is 0 Å². The first-order chi connectivity index (χ1) is 12.2. The number of nitrogens with one attached hydrogen (secondary N) is 2. The van der Waals surface area contributed by atoms with Crippen LogP contribution in [0.5, 0.6) is 0 Å². The summed E-state index contributed by atoms with van der Waals surface area (Å²) in [6, 6.07) is 3.21. The molecule has 0 spiro atoms. The van der Waals surface area contributed by atoms with E-state index in [1.807, 2.05) is 6.20 Å². The number of hydrogen-bond acceptors (Lipinski definition) is 4. The summed E-state index contributed by atoms with van der Waals surface area (Å²) in [5, 5.41) is 5.66. The van der Waals surface area contributed by atoms with Crippen LogP contribution in [0.2, 0.25) is 0 Å². The summed E-state index contributed by atoms with van der Waals surface area (Å²) in [5.41, 5.74) is 3.61. The summed E-state index contributed by atoms with van der Waals surface area (Å²) in [6.45, 7) is 0. The predicted molar refractivity (Wildman–Crippen MR) is 94.3 cm³/mol. The molecule has 0 unspecified atom stereocenters. The first-order valence-electron chi connectivity index (χ1n) is 8.43. The normalized spacial score (nSPS) is 15.4. The van der Waals surface area contributed by atoms with Crippen molar-refractivity contribution in [1.82, 2.24) is 9.97 Å². The van der Waals surface area contributed by atoms with Crippen molar-refractivity contribution in [3.8, 4) is 0 Å². The van der Waals surface area contributed by atoms with Crippen LogP contribution in [-0.2, 0) is 17.6 Å².